The highest BCUT2D eigenvalue weighted by Crippen LogP contribution is 2.19. The van der Waals surface area contributed by atoms with E-state index in [1.165, 1.54) is 11.1 Å². The fourth-order valence-electron chi connectivity index (χ4n) is 1.85. The zero-order valence-electron chi connectivity index (χ0n) is 10.5. The van der Waals surface area contributed by atoms with Gasteiger partial charge < -0.3 is 5.32 Å². The van der Waals surface area contributed by atoms with Crippen LogP contribution in [-0.4, -0.2) is 4.98 Å². The standard InChI is InChI=1S/C14H18N2S/c1-10-4-6-13(7-5-10)11(2)16-12(3)14-8-17-9-15-14/h4-9,11-12,16H,1-3H3/t11-,12?/m0/s1. The van der Waals surface area contributed by atoms with Crippen molar-refractivity contribution in [2.45, 2.75) is 32.9 Å². The molecule has 3 heteroatoms. The molecule has 0 saturated carbocycles. The van der Waals surface area contributed by atoms with E-state index in [0.29, 0.717) is 6.04 Å². The van der Waals surface area contributed by atoms with Gasteiger partial charge in [-0.25, -0.2) is 4.98 Å². The molecule has 0 bridgehead atoms. The number of hydrogen-bond donors (Lipinski definition) is 1. The zero-order valence-corrected chi connectivity index (χ0v) is 11.3. The molecular weight excluding hydrogens is 228 g/mol. The van der Waals surface area contributed by atoms with Gasteiger partial charge in [0.25, 0.3) is 0 Å². The summed E-state index contributed by atoms with van der Waals surface area (Å²) in [5.74, 6) is 0. The van der Waals surface area contributed by atoms with Crippen molar-refractivity contribution >= 4 is 11.3 Å². The van der Waals surface area contributed by atoms with Crippen molar-refractivity contribution < 1.29 is 0 Å². The Hall–Kier alpha value is -1.19. The molecule has 90 valence electrons. The predicted molar refractivity (Wildman–Crippen MR) is 73.3 cm³/mol. The summed E-state index contributed by atoms with van der Waals surface area (Å²) >= 11 is 1.64. The van der Waals surface area contributed by atoms with Gasteiger partial charge in [0.2, 0.25) is 0 Å². The number of aromatic nitrogens is 1. The highest BCUT2D eigenvalue weighted by atomic mass is 32.1. The minimum Gasteiger partial charge on any atom is -0.302 e. The molecule has 0 aliphatic rings. The van der Waals surface area contributed by atoms with E-state index >= 15 is 0 Å². The maximum Gasteiger partial charge on any atom is 0.0795 e. The zero-order chi connectivity index (χ0) is 12.3. The first-order chi connectivity index (χ1) is 8.16. The molecule has 0 aliphatic heterocycles. The summed E-state index contributed by atoms with van der Waals surface area (Å²) in [6.45, 7) is 6.45. The predicted octanol–water partition coefficient (Wildman–Crippen LogP) is 3.86. The summed E-state index contributed by atoms with van der Waals surface area (Å²) in [4.78, 5) is 4.33. The van der Waals surface area contributed by atoms with E-state index in [0.717, 1.165) is 5.69 Å². The Kier molecular flexibility index (Phi) is 3.92. The van der Waals surface area contributed by atoms with Crippen LogP contribution in [0.4, 0.5) is 0 Å². The van der Waals surface area contributed by atoms with Gasteiger partial charge in [-0.05, 0) is 26.3 Å². The SMILES string of the molecule is Cc1ccc([C@H](C)NC(C)c2cscn2)cc1. The van der Waals surface area contributed by atoms with Crippen molar-refractivity contribution in [2.75, 3.05) is 0 Å². The van der Waals surface area contributed by atoms with Crippen LogP contribution in [0.1, 0.15) is 42.8 Å². The third-order valence-corrected chi connectivity index (χ3v) is 3.58. The third-order valence-electron chi connectivity index (χ3n) is 2.97. The average Bonchev–Trinajstić information content (AvgIpc) is 2.83. The van der Waals surface area contributed by atoms with Crippen molar-refractivity contribution in [3.8, 4) is 0 Å². The van der Waals surface area contributed by atoms with Crippen LogP contribution in [0.15, 0.2) is 35.2 Å². The molecule has 0 aliphatic carbocycles. The van der Waals surface area contributed by atoms with Gasteiger partial charge in [-0.2, -0.15) is 0 Å². The molecule has 2 atom stereocenters. The van der Waals surface area contributed by atoms with Crippen molar-refractivity contribution in [1.29, 1.82) is 0 Å². The molecule has 0 spiro atoms. The molecule has 1 aromatic carbocycles. The second-order valence-electron chi connectivity index (χ2n) is 4.43. The van der Waals surface area contributed by atoms with Crippen molar-refractivity contribution in [1.82, 2.24) is 10.3 Å². The lowest BCUT2D eigenvalue weighted by atomic mass is 10.1. The third kappa shape index (κ3) is 3.14. The van der Waals surface area contributed by atoms with Crippen LogP contribution in [-0.2, 0) is 0 Å². The molecule has 0 amide bonds. The lowest BCUT2D eigenvalue weighted by Crippen LogP contribution is -2.22. The van der Waals surface area contributed by atoms with E-state index in [1.807, 2.05) is 5.51 Å². The van der Waals surface area contributed by atoms with Crippen LogP contribution in [0.25, 0.3) is 0 Å². The van der Waals surface area contributed by atoms with Crippen LogP contribution < -0.4 is 5.32 Å². The first-order valence-corrected chi connectivity index (χ1v) is 6.82. The van der Waals surface area contributed by atoms with Gasteiger partial charge in [0, 0.05) is 17.5 Å². The molecule has 2 rings (SSSR count). The molecule has 1 N–H and O–H groups in total. The van der Waals surface area contributed by atoms with Crippen LogP contribution in [0.5, 0.6) is 0 Å². The van der Waals surface area contributed by atoms with Gasteiger partial charge >= 0.3 is 0 Å². The second kappa shape index (κ2) is 5.43. The van der Waals surface area contributed by atoms with E-state index in [9.17, 15) is 0 Å². The number of hydrogen-bond acceptors (Lipinski definition) is 3. The van der Waals surface area contributed by atoms with E-state index in [1.54, 1.807) is 11.3 Å². The average molecular weight is 246 g/mol. The van der Waals surface area contributed by atoms with Crippen molar-refractivity contribution in [3.05, 3.63) is 52.0 Å². The van der Waals surface area contributed by atoms with E-state index in [-0.39, 0.29) is 6.04 Å². The monoisotopic (exact) mass is 246 g/mol. The molecule has 2 aromatic rings. The topological polar surface area (TPSA) is 24.9 Å². The molecule has 0 saturated heterocycles. The number of rotatable bonds is 4. The highest BCUT2D eigenvalue weighted by Gasteiger charge is 2.12. The van der Waals surface area contributed by atoms with Crippen molar-refractivity contribution in [3.63, 3.8) is 0 Å². The maximum atomic E-state index is 4.33. The van der Waals surface area contributed by atoms with Gasteiger partial charge in [-0.3, -0.25) is 0 Å². The Labute approximate surface area is 107 Å². The van der Waals surface area contributed by atoms with Crippen LogP contribution in [0.2, 0.25) is 0 Å². The molecule has 0 radical (unpaired) electrons. The summed E-state index contributed by atoms with van der Waals surface area (Å²) in [6, 6.07) is 9.30. The summed E-state index contributed by atoms with van der Waals surface area (Å²) < 4.78 is 0. The molecule has 0 fully saturated rings. The Balaban J connectivity index is 2.01. The normalized spacial score (nSPS) is 14.5. The fraction of sp³-hybridized carbons (Fsp3) is 0.357. The van der Waals surface area contributed by atoms with Crippen LogP contribution >= 0.6 is 11.3 Å². The minimum atomic E-state index is 0.289. The highest BCUT2D eigenvalue weighted by molar-refractivity contribution is 7.07. The van der Waals surface area contributed by atoms with E-state index in [2.05, 4.69) is 60.7 Å². The molecular formula is C14H18N2S. The van der Waals surface area contributed by atoms with E-state index in [4.69, 9.17) is 0 Å². The smallest absolute Gasteiger partial charge is 0.0795 e. The molecule has 1 heterocycles. The quantitative estimate of drug-likeness (QED) is 0.886. The summed E-state index contributed by atoms with van der Waals surface area (Å²) in [5, 5.41) is 5.66. The van der Waals surface area contributed by atoms with Crippen molar-refractivity contribution in [2.24, 2.45) is 0 Å². The summed E-state index contributed by atoms with van der Waals surface area (Å²) in [5.41, 5.74) is 5.62. The number of nitrogens with zero attached hydrogens (tertiary/aromatic N) is 1. The van der Waals surface area contributed by atoms with E-state index < -0.39 is 0 Å². The van der Waals surface area contributed by atoms with Gasteiger partial charge in [-0.1, -0.05) is 29.8 Å². The Bertz CT molecular complexity index is 448. The number of thiazole rings is 1. The lowest BCUT2D eigenvalue weighted by Gasteiger charge is -2.19. The summed E-state index contributed by atoms with van der Waals surface area (Å²) in [7, 11) is 0. The molecule has 17 heavy (non-hydrogen) atoms. The Morgan fingerprint density at radius 2 is 1.82 bits per heavy atom. The number of benzene rings is 1. The molecule has 2 nitrogen and oxygen atoms in total. The van der Waals surface area contributed by atoms with Gasteiger partial charge in [0.15, 0.2) is 0 Å². The van der Waals surface area contributed by atoms with Gasteiger partial charge in [0.1, 0.15) is 0 Å². The minimum absolute atomic E-state index is 0.289. The van der Waals surface area contributed by atoms with Crippen LogP contribution in [0, 0.1) is 6.92 Å². The summed E-state index contributed by atoms with van der Waals surface area (Å²) in [6.07, 6.45) is 0. The lowest BCUT2D eigenvalue weighted by molar-refractivity contribution is 0.488. The molecule has 1 aromatic heterocycles. The van der Waals surface area contributed by atoms with Crippen LogP contribution in [0.3, 0.4) is 0 Å². The number of aryl methyl sites for hydroxylation is 1. The first kappa shape index (κ1) is 12.3. The Morgan fingerprint density at radius 1 is 1.12 bits per heavy atom. The fourth-order valence-corrected chi connectivity index (χ4v) is 2.50. The molecule has 1 unspecified atom stereocenters. The maximum absolute atomic E-state index is 4.33. The largest absolute Gasteiger partial charge is 0.302 e. The Morgan fingerprint density at radius 3 is 2.41 bits per heavy atom. The van der Waals surface area contributed by atoms with Gasteiger partial charge in [0.05, 0.1) is 11.2 Å². The first-order valence-electron chi connectivity index (χ1n) is 5.87. The second-order valence-corrected chi connectivity index (χ2v) is 5.15. The number of nitrogens with one attached hydrogen (secondary N) is 1. The van der Waals surface area contributed by atoms with Gasteiger partial charge in [-0.15, -0.1) is 11.3 Å².